The summed E-state index contributed by atoms with van der Waals surface area (Å²) in [5.74, 6) is 1.94. The van der Waals surface area contributed by atoms with E-state index < -0.39 is 0 Å². The van der Waals surface area contributed by atoms with E-state index in [0.29, 0.717) is 12.5 Å². The average molecular weight is 231 g/mol. The van der Waals surface area contributed by atoms with Crippen LogP contribution in [0.15, 0.2) is 0 Å². The molecule has 0 bridgehead atoms. The monoisotopic (exact) mass is 231 g/mol. The van der Waals surface area contributed by atoms with Gasteiger partial charge in [-0.1, -0.05) is 6.42 Å². The Morgan fingerprint density at radius 3 is 3.00 bits per heavy atom. The molecule has 1 aliphatic heterocycles. The third kappa shape index (κ3) is 6.05. The summed E-state index contributed by atoms with van der Waals surface area (Å²) in [7, 11) is 1.44. The van der Waals surface area contributed by atoms with Crippen molar-refractivity contribution in [1.82, 2.24) is 5.32 Å². The summed E-state index contributed by atoms with van der Waals surface area (Å²) in [5.41, 5.74) is 0. The first-order valence-corrected chi connectivity index (χ1v) is 6.86. The fourth-order valence-electron chi connectivity index (χ4n) is 1.76. The van der Waals surface area contributed by atoms with E-state index in [1.165, 1.54) is 39.3 Å². The highest BCUT2D eigenvalue weighted by Gasteiger charge is 2.11. The van der Waals surface area contributed by atoms with Crippen LogP contribution in [-0.2, 0) is 9.53 Å². The van der Waals surface area contributed by atoms with E-state index in [-0.39, 0.29) is 5.97 Å². The Morgan fingerprint density at radius 2 is 2.33 bits per heavy atom. The van der Waals surface area contributed by atoms with Gasteiger partial charge in [0.15, 0.2) is 0 Å². The van der Waals surface area contributed by atoms with Crippen LogP contribution in [-0.4, -0.2) is 37.2 Å². The van der Waals surface area contributed by atoms with E-state index in [0.717, 1.165) is 11.5 Å². The van der Waals surface area contributed by atoms with Crippen LogP contribution < -0.4 is 5.32 Å². The quantitative estimate of drug-likeness (QED) is 0.559. The van der Waals surface area contributed by atoms with Crippen LogP contribution >= 0.6 is 11.8 Å². The van der Waals surface area contributed by atoms with Gasteiger partial charge >= 0.3 is 5.97 Å². The predicted octanol–water partition coefficient (Wildman–Crippen LogP) is 1.81. The van der Waals surface area contributed by atoms with E-state index >= 15 is 0 Å². The molecule has 1 aliphatic rings. The van der Waals surface area contributed by atoms with Crippen LogP contribution in [0.3, 0.4) is 0 Å². The maximum Gasteiger partial charge on any atom is 0.306 e. The zero-order valence-corrected chi connectivity index (χ0v) is 10.3. The van der Waals surface area contributed by atoms with Crippen LogP contribution in [0.2, 0.25) is 0 Å². The van der Waals surface area contributed by atoms with E-state index in [1.54, 1.807) is 0 Å². The summed E-state index contributed by atoms with van der Waals surface area (Å²) in [6, 6.07) is 0.712. The summed E-state index contributed by atoms with van der Waals surface area (Å²) < 4.78 is 4.58. The van der Waals surface area contributed by atoms with Crippen LogP contribution in [0, 0.1) is 0 Å². The van der Waals surface area contributed by atoms with Crippen molar-refractivity contribution in [2.45, 2.75) is 38.1 Å². The number of carbonyl (C=O) groups excluding carboxylic acids is 1. The van der Waals surface area contributed by atoms with Crippen molar-refractivity contribution < 1.29 is 9.53 Å². The summed E-state index contributed by atoms with van der Waals surface area (Å²) >= 11 is 1.85. The smallest absolute Gasteiger partial charge is 0.306 e. The zero-order chi connectivity index (χ0) is 10.9. The van der Waals surface area contributed by atoms with Gasteiger partial charge < -0.3 is 10.1 Å². The Balaban J connectivity index is 1.89. The number of thioether (sulfide) groups is 1. The molecule has 1 N–H and O–H groups in total. The molecule has 0 saturated carbocycles. The van der Waals surface area contributed by atoms with E-state index in [2.05, 4.69) is 10.1 Å². The predicted molar refractivity (Wildman–Crippen MR) is 64.2 cm³/mol. The lowest BCUT2D eigenvalue weighted by atomic mass is 10.0. The van der Waals surface area contributed by atoms with Gasteiger partial charge in [0, 0.05) is 11.8 Å². The number of piperidine rings is 1. The second kappa shape index (κ2) is 7.99. The Bertz CT molecular complexity index is 181. The lowest BCUT2D eigenvalue weighted by Crippen LogP contribution is -2.34. The standard InChI is InChI=1S/C11H21NO2S/c1-14-11(13)6-9-15-8-5-10-4-2-3-7-12-10/h10,12H,2-9H2,1H3. The molecule has 0 aromatic carbocycles. The normalized spacial score (nSPS) is 21.3. The minimum Gasteiger partial charge on any atom is -0.469 e. The second-order valence-corrected chi connectivity index (χ2v) is 5.10. The first-order chi connectivity index (χ1) is 7.33. The first-order valence-electron chi connectivity index (χ1n) is 5.71. The Hall–Kier alpha value is -0.220. The number of carbonyl (C=O) groups is 1. The van der Waals surface area contributed by atoms with Crippen molar-refractivity contribution >= 4 is 17.7 Å². The van der Waals surface area contributed by atoms with Gasteiger partial charge in [0.25, 0.3) is 0 Å². The van der Waals surface area contributed by atoms with E-state index in [4.69, 9.17) is 0 Å². The highest BCUT2D eigenvalue weighted by Crippen LogP contribution is 2.13. The highest BCUT2D eigenvalue weighted by molar-refractivity contribution is 7.99. The Kier molecular flexibility index (Phi) is 6.85. The number of esters is 1. The van der Waals surface area contributed by atoms with Crippen molar-refractivity contribution in [2.75, 3.05) is 25.2 Å². The van der Waals surface area contributed by atoms with Crippen molar-refractivity contribution in [2.24, 2.45) is 0 Å². The molecule has 1 heterocycles. The third-order valence-electron chi connectivity index (χ3n) is 2.70. The molecule has 88 valence electrons. The van der Waals surface area contributed by atoms with Crippen molar-refractivity contribution in [3.05, 3.63) is 0 Å². The van der Waals surface area contributed by atoms with Crippen molar-refractivity contribution in [3.63, 3.8) is 0 Å². The zero-order valence-electron chi connectivity index (χ0n) is 9.46. The Morgan fingerprint density at radius 1 is 1.47 bits per heavy atom. The minimum absolute atomic E-state index is 0.0988. The fourth-order valence-corrected chi connectivity index (χ4v) is 2.72. The van der Waals surface area contributed by atoms with Gasteiger partial charge in [-0.25, -0.2) is 0 Å². The molecule has 0 aromatic rings. The van der Waals surface area contributed by atoms with Crippen molar-refractivity contribution in [1.29, 1.82) is 0 Å². The topological polar surface area (TPSA) is 38.3 Å². The molecule has 1 rings (SSSR count). The van der Waals surface area contributed by atoms with Crippen molar-refractivity contribution in [3.8, 4) is 0 Å². The lowest BCUT2D eigenvalue weighted by Gasteiger charge is -2.23. The molecular weight excluding hydrogens is 210 g/mol. The number of rotatable bonds is 6. The number of ether oxygens (including phenoxy) is 1. The van der Waals surface area contributed by atoms with Crippen LogP contribution in [0.4, 0.5) is 0 Å². The minimum atomic E-state index is -0.0988. The molecule has 4 heteroatoms. The lowest BCUT2D eigenvalue weighted by molar-refractivity contribution is -0.140. The molecule has 3 nitrogen and oxygen atoms in total. The molecule has 1 fully saturated rings. The molecule has 1 unspecified atom stereocenters. The van der Waals surface area contributed by atoms with Gasteiger partial charge in [0.2, 0.25) is 0 Å². The molecule has 0 amide bonds. The molecule has 1 saturated heterocycles. The highest BCUT2D eigenvalue weighted by atomic mass is 32.2. The number of nitrogens with one attached hydrogen (secondary N) is 1. The number of hydrogen-bond acceptors (Lipinski definition) is 4. The van der Waals surface area contributed by atoms with Crippen LogP contribution in [0.1, 0.15) is 32.1 Å². The molecule has 0 aliphatic carbocycles. The fraction of sp³-hybridized carbons (Fsp3) is 0.909. The first kappa shape index (κ1) is 12.8. The maximum atomic E-state index is 10.8. The second-order valence-electron chi connectivity index (χ2n) is 3.87. The van der Waals surface area contributed by atoms with Gasteiger partial charge in [-0.3, -0.25) is 4.79 Å². The van der Waals surface area contributed by atoms with Crippen LogP contribution in [0.25, 0.3) is 0 Å². The SMILES string of the molecule is COC(=O)CCSCCC1CCCCN1. The molecule has 0 spiro atoms. The van der Waals surface area contributed by atoms with Crippen LogP contribution in [0.5, 0.6) is 0 Å². The molecule has 0 radical (unpaired) electrons. The Labute approximate surface area is 96.3 Å². The summed E-state index contributed by atoms with van der Waals surface area (Å²) in [6.45, 7) is 1.18. The van der Waals surface area contributed by atoms with Gasteiger partial charge in [-0.15, -0.1) is 0 Å². The largest absolute Gasteiger partial charge is 0.469 e. The molecule has 1 atom stereocenters. The number of methoxy groups -OCH3 is 1. The van der Waals surface area contributed by atoms with Gasteiger partial charge in [-0.2, -0.15) is 11.8 Å². The number of hydrogen-bond donors (Lipinski definition) is 1. The third-order valence-corrected chi connectivity index (χ3v) is 3.72. The van der Waals surface area contributed by atoms with Gasteiger partial charge in [-0.05, 0) is 31.6 Å². The van der Waals surface area contributed by atoms with E-state index in [1.807, 2.05) is 11.8 Å². The summed E-state index contributed by atoms with van der Waals surface area (Å²) in [6.07, 6.45) is 5.78. The summed E-state index contributed by atoms with van der Waals surface area (Å²) in [4.78, 5) is 10.8. The summed E-state index contributed by atoms with van der Waals surface area (Å²) in [5, 5.41) is 3.52. The van der Waals surface area contributed by atoms with Gasteiger partial charge in [0.05, 0.1) is 13.5 Å². The average Bonchev–Trinajstić information content (AvgIpc) is 2.29. The van der Waals surface area contributed by atoms with Gasteiger partial charge in [0.1, 0.15) is 0 Å². The maximum absolute atomic E-state index is 10.8. The van der Waals surface area contributed by atoms with E-state index in [9.17, 15) is 4.79 Å². The molecular formula is C11H21NO2S. The molecule has 0 aromatic heterocycles. The molecule has 15 heavy (non-hydrogen) atoms.